The first kappa shape index (κ1) is 19.3. The average molecular weight is 393 g/mol. The second-order valence-corrected chi connectivity index (χ2v) is 7.99. The minimum Gasteiger partial charge on any atom is -0.454 e. The Labute approximate surface area is 161 Å². The van der Waals surface area contributed by atoms with Gasteiger partial charge in [0, 0.05) is 4.88 Å². The molecule has 1 saturated heterocycles. The Balaban J connectivity index is 1.48. The standard InChI is InChI=1S/C18H23N3O5S/c1-12-5-2-3-7-18(12)16(24)21(17(25)20-18)10-15(23)26-11-14(22)19-9-13-6-4-8-27-13/h4,6,8,12H,2-3,5,7,9-11H2,1H3,(H,19,22)(H,20,25)/t12-,18+/m0/s1. The Hall–Kier alpha value is -2.42. The van der Waals surface area contributed by atoms with Crippen LogP contribution in [0.15, 0.2) is 17.5 Å². The van der Waals surface area contributed by atoms with Gasteiger partial charge in [-0.2, -0.15) is 0 Å². The Morgan fingerprint density at radius 1 is 1.41 bits per heavy atom. The summed E-state index contributed by atoms with van der Waals surface area (Å²) in [5.74, 6) is -1.58. The van der Waals surface area contributed by atoms with Gasteiger partial charge in [-0.3, -0.25) is 19.3 Å². The predicted octanol–water partition coefficient (Wildman–Crippen LogP) is 1.41. The van der Waals surface area contributed by atoms with Crippen LogP contribution < -0.4 is 10.6 Å². The fourth-order valence-electron chi connectivity index (χ4n) is 3.61. The van der Waals surface area contributed by atoms with Crippen molar-refractivity contribution in [3.63, 3.8) is 0 Å². The lowest BCUT2D eigenvalue weighted by Gasteiger charge is -2.36. The van der Waals surface area contributed by atoms with Gasteiger partial charge in [0.05, 0.1) is 6.54 Å². The van der Waals surface area contributed by atoms with Gasteiger partial charge in [0.15, 0.2) is 6.61 Å². The van der Waals surface area contributed by atoms with Crippen LogP contribution in [-0.4, -0.2) is 47.4 Å². The number of hydrogen-bond acceptors (Lipinski definition) is 6. The predicted molar refractivity (Wildman–Crippen MR) is 97.7 cm³/mol. The average Bonchev–Trinajstić information content (AvgIpc) is 3.24. The summed E-state index contributed by atoms with van der Waals surface area (Å²) in [7, 11) is 0. The second kappa shape index (κ2) is 8.08. The van der Waals surface area contributed by atoms with Gasteiger partial charge in [-0.05, 0) is 30.2 Å². The van der Waals surface area contributed by atoms with E-state index in [1.807, 2.05) is 24.4 Å². The van der Waals surface area contributed by atoms with Gasteiger partial charge in [-0.25, -0.2) is 4.79 Å². The van der Waals surface area contributed by atoms with E-state index >= 15 is 0 Å². The number of carbonyl (C=O) groups is 4. The zero-order chi connectivity index (χ0) is 19.4. The first-order chi connectivity index (χ1) is 12.9. The number of ether oxygens (including phenoxy) is 1. The topological polar surface area (TPSA) is 105 Å². The first-order valence-electron chi connectivity index (χ1n) is 9.01. The smallest absolute Gasteiger partial charge is 0.326 e. The van der Waals surface area contributed by atoms with Crippen LogP contribution in [0.5, 0.6) is 0 Å². The number of rotatable bonds is 6. The Morgan fingerprint density at radius 2 is 2.22 bits per heavy atom. The summed E-state index contributed by atoms with van der Waals surface area (Å²) < 4.78 is 4.91. The molecule has 1 saturated carbocycles. The molecule has 2 aliphatic rings. The second-order valence-electron chi connectivity index (χ2n) is 6.96. The van der Waals surface area contributed by atoms with E-state index in [1.165, 1.54) is 11.3 Å². The van der Waals surface area contributed by atoms with Crippen LogP contribution in [0.25, 0.3) is 0 Å². The van der Waals surface area contributed by atoms with Crippen LogP contribution in [0.2, 0.25) is 0 Å². The number of carbonyl (C=O) groups excluding carboxylic acids is 4. The maximum atomic E-state index is 12.8. The van der Waals surface area contributed by atoms with Crippen LogP contribution in [0.4, 0.5) is 4.79 Å². The molecule has 1 aromatic rings. The zero-order valence-electron chi connectivity index (χ0n) is 15.2. The fraction of sp³-hybridized carbons (Fsp3) is 0.556. The molecule has 1 aliphatic heterocycles. The summed E-state index contributed by atoms with van der Waals surface area (Å²) in [6.45, 7) is 1.37. The molecule has 1 spiro atoms. The van der Waals surface area contributed by atoms with Gasteiger partial charge in [0.2, 0.25) is 0 Å². The number of hydrogen-bond donors (Lipinski definition) is 2. The molecule has 2 heterocycles. The largest absolute Gasteiger partial charge is 0.454 e. The maximum Gasteiger partial charge on any atom is 0.326 e. The van der Waals surface area contributed by atoms with E-state index in [4.69, 9.17) is 4.74 Å². The van der Waals surface area contributed by atoms with Crippen molar-refractivity contribution in [1.82, 2.24) is 15.5 Å². The first-order valence-corrected chi connectivity index (χ1v) is 9.89. The lowest BCUT2D eigenvalue weighted by molar-refractivity contribution is -0.151. The van der Waals surface area contributed by atoms with E-state index < -0.39 is 36.6 Å². The lowest BCUT2D eigenvalue weighted by Crippen LogP contribution is -2.54. The van der Waals surface area contributed by atoms with E-state index in [1.54, 1.807) is 0 Å². The molecule has 1 aromatic heterocycles. The van der Waals surface area contributed by atoms with Gasteiger partial charge >= 0.3 is 12.0 Å². The van der Waals surface area contributed by atoms with Gasteiger partial charge in [-0.15, -0.1) is 11.3 Å². The molecule has 4 amide bonds. The molecule has 2 atom stereocenters. The van der Waals surface area contributed by atoms with E-state index in [0.717, 1.165) is 29.0 Å². The highest BCUT2D eigenvalue weighted by Gasteiger charge is 2.55. The summed E-state index contributed by atoms with van der Waals surface area (Å²) in [6, 6.07) is 3.19. The minimum atomic E-state index is -0.909. The van der Waals surface area contributed by atoms with Gasteiger partial charge < -0.3 is 15.4 Å². The van der Waals surface area contributed by atoms with E-state index in [-0.39, 0.29) is 11.8 Å². The van der Waals surface area contributed by atoms with Crippen molar-refractivity contribution >= 4 is 35.2 Å². The van der Waals surface area contributed by atoms with Crippen molar-refractivity contribution in [1.29, 1.82) is 0 Å². The third kappa shape index (κ3) is 4.13. The summed E-state index contributed by atoms with van der Waals surface area (Å²) in [4.78, 5) is 50.6. The molecule has 0 radical (unpaired) electrons. The molecule has 8 nitrogen and oxygen atoms in total. The molecule has 146 valence electrons. The molecule has 0 aromatic carbocycles. The number of nitrogens with one attached hydrogen (secondary N) is 2. The van der Waals surface area contributed by atoms with Crippen molar-refractivity contribution in [3.05, 3.63) is 22.4 Å². The SMILES string of the molecule is C[C@H]1CCCC[C@@]12NC(=O)N(CC(=O)OCC(=O)NCc1cccs1)C2=O. The number of nitrogens with zero attached hydrogens (tertiary/aromatic N) is 1. The third-order valence-corrected chi connectivity index (χ3v) is 6.07. The summed E-state index contributed by atoms with van der Waals surface area (Å²) in [6.07, 6.45) is 3.32. The van der Waals surface area contributed by atoms with Crippen LogP contribution in [0.3, 0.4) is 0 Å². The molecule has 2 N–H and O–H groups in total. The van der Waals surface area contributed by atoms with Crippen LogP contribution in [-0.2, 0) is 25.7 Å². The normalized spacial score (nSPS) is 24.8. The minimum absolute atomic E-state index is 0.0201. The number of amides is 4. The van der Waals surface area contributed by atoms with Crippen LogP contribution in [0, 0.1) is 5.92 Å². The van der Waals surface area contributed by atoms with E-state index in [2.05, 4.69) is 10.6 Å². The Bertz CT molecular complexity index is 735. The van der Waals surface area contributed by atoms with Gasteiger partial charge in [0.1, 0.15) is 12.1 Å². The molecule has 2 fully saturated rings. The van der Waals surface area contributed by atoms with Crippen LogP contribution in [0.1, 0.15) is 37.5 Å². The Morgan fingerprint density at radius 3 is 2.93 bits per heavy atom. The van der Waals surface area contributed by atoms with Crippen molar-refractivity contribution in [2.45, 2.75) is 44.7 Å². The summed E-state index contributed by atoms with van der Waals surface area (Å²) >= 11 is 1.51. The van der Waals surface area contributed by atoms with E-state index in [9.17, 15) is 19.2 Å². The van der Waals surface area contributed by atoms with Gasteiger partial charge in [-0.1, -0.05) is 25.8 Å². The highest BCUT2D eigenvalue weighted by atomic mass is 32.1. The van der Waals surface area contributed by atoms with E-state index in [0.29, 0.717) is 13.0 Å². The highest BCUT2D eigenvalue weighted by molar-refractivity contribution is 7.09. The number of imide groups is 1. The molecule has 1 aliphatic carbocycles. The molecule has 3 rings (SSSR count). The molecule has 9 heteroatoms. The molecule has 0 bridgehead atoms. The van der Waals surface area contributed by atoms with Gasteiger partial charge in [0.25, 0.3) is 11.8 Å². The maximum absolute atomic E-state index is 12.8. The highest BCUT2D eigenvalue weighted by Crippen LogP contribution is 2.38. The lowest BCUT2D eigenvalue weighted by atomic mass is 9.73. The number of urea groups is 1. The fourth-order valence-corrected chi connectivity index (χ4v) is 4.25. The van der Waals surface area contributed by atoms with Crippen LogP contribution >= 0.6 is 11.3 Å². The van der Waals surface area contributed by atoms with Crippen molar-refractivity contribution < 1.29 is 23.9 Å². The number of esters is 1. The molecular weight excluding hydrogens is 370 g/mol. The Kier molecular flexibility index (Phi) is 5.79. The molecule has 0 unspecified atom stereocenters. The molecule has 27 heavy (non-hydrogen) atoms. The number of thiophene rings is 1. The monoisotopic (exact) mass is 393 g/mol. The van der Waals surface area contributed by atoms with Crippen molar-refractivity contribution in [3.8, 4) is 0 Å². The summed E-state index contributed by atoms with van der Waals surface area (Å²) in [5, 5.41) is 7.32. The van der Waals surface area contributed by atoms with Crippen molar-refractivity contribution in [2.24, 2.45) is 5.92 Å². The molecular formula is C18H23N3O5S. The quantitative estimate of drug-likeness (QED) is 0.562. The zero-order valence-corrected chi connectivity index (χ0v) is 16.0. The third-order valence-electron chi connectivity index (χ3n) is 5.19. The van der Waals surface area contributed by atoms with Crippen molar-refractivity contribution in [2.75, 3.05) is 13.2 Å². The summed E-state index contributed by atoms with van der Waals surface area (Å²) in [5.41, 5.74) is -0.909.